The number of nitrogens with one attached hydrogen (secondary N) is 1. The van der Waals surface area contributed by atoms with E-state index in [2.05, 4.69) is 9.71 Å². The van der Waals surface area contributed by atoms with Crippen molar-refractivity contribution in [3.05, 3.63) is 48.2 Å². The number of anilines is 1. The molecule has 134 valence electrons. The van der Waals surface area contributed by atoms with E-state index in [1.807, 2.05) is 0 Å². The zero-order chi connectivity index (χ0) is 18.1. The van der Waals surface area contributed by atoms with Gasteiger partial charge in [-0.25, -0.2) is 21.8 Å². The van der Waals surface area contributed by atoms with E-state index in [1.54, 1.807) is 25.1 Å². The smallest absolute Gasteiger partial charge is 0.263 e. The summed E-state index contributed by atoms with van der Waals surface area (Å²) in [5, 5.41) is 0. The summed E-state index contributed by atoms with van der Waals surface area (Å²) in [6, 6.07) is 10.2. The summed E-state index contributed by atoms with van der Waals surface area (Å²) in [6.07, 6.45) is 1.69. The highest BCUT2D eigenvalue weighted by molar-refractivity contribution is 7.92. The van der Waals surface area contributed by atoms with E-state index in [-0.39, 0.29) is 15.6 Å². The van der Waals surface area contributed by atoms with Gasteiger partial charge in [0.1, 0.15) is 5.82 Å². The molecule has 1 N–H and O–H groups in total. The molecule has 1 aliphatic rings. The van der Waals surface area contributed by atoms with Crippen LogP contribution in [0.5, 0.6) is 0 Å². The average molecular weight is 381 g/mol. The molecule has 0 saturated carbocycles. The number of sulfonamides is 2. The number of hydrogen-bond acceptors (Lipinski definition) is 5. The highest BCUT2D eigenvalue weighted by Gasteiger charge is 2.27. The molecule has 0 aliphatic carbocycles. The van der Waals surface area contributed by atoms with E-state index in [0.717, 1.165) is 12.8 Å². The molecule has 1 saturated heterocycles. The van der Waals surface area contributed by atoms with Crippen molar-refractivity contribution >= 4 is 25.9 Å². The van der Waals surface area contributed by atoms with Crippen molar-refractivity contribution in [2.24, 2.45) is 0 Å². The fourth-order valence-corrected chi connectivity index (χ4v) is 5.18. The predicted molar refractivity (Wildman–Crippen MR) is 94.2 cm³/mol. The number of aryl methyl sites for hydroxylation is 1. The van der Waals surface area contributed by atoms with Gasteiger partial charge in [-0.15, -0.1) is 0 Å². The fraction of sp³-hybridized carbons (Fsp3) is 0.312. The van der Waals surface area contributed by atoms with Gasteiger partial charge in [-0.3, -0.25) is 4.72 Å². The molecule has 0 amide bonds. The zero-order valence-electron chi connectivity index (χ0n) is 13.7. The Labute approximate surface area is 147 Å². The Balaban J connectivity index is 1.84. The van der Waals surface area contributed by atoms with Gasteiger partial charge in [0.05, 0.1) is 9.79 Å². The van der Waals surface area contributed by atoms with E-state index in [1.165, 1.54) is 28.6 Å². The summed E-state index contributed by atoms with van der Waals surface area (Å²) in [7, 11) is -7.39. The van der Waals surface area contributed by atoms with Gasteiger partial charge in [0, 0.05) is 18.8 Å². The molecule has 9 heteroatoms. The van der Waals surface area contributed by atoms with Crippen molar-refractivity contribution < 1.29 is 16.8 Å². The number of aromatic nitrogens is 1. The average Bonchev–Trinajstić information content (AvgIpc) is 3.10. The van der Waals surface area contributed by atoms with Crippen molar-refractivity contribution in [1.29, 1.82) is 0 Å². The molecule has 1 aromatic carbocycles. The van der Waals surface area contributed by atoms with Crippen LogP contribution in [0.15, 0.2) is 52.3 Å². The second-order valence-corrected chi connectivity index (χ2v) is 9.47. The Morgan fingerprint density at radius 1 is 0.920 bits per heavy atom. The van der Waals surface area contributed by atoms with Gasteiger partial charge in [-0.1, -0.05) is 6.07 Å². The molecule has 0 unspecified atom stereocenters. The molecule has 1 fully saturated rings. The van der Waals surface area contributed by atoms with Crippen molar-refractivity contribution in [3.8, 4) is 0 Å². The van der Waals surface area contributed by atoms with Crippen LogP contribution in [-0.4, -0.2) is 39.2 Å². The number of hydrogen-bond donors (Lipinski definition) is 1. The van der Waals surface area contributed by atoms with Crippen LogP contribution >= 0.6 is 0 Å². The minimum atomic E-state index is -3.83. The van der Waals surface area contributed by atoms with Gasteiger partial charge < -0.3 is 0 Å². The van der Waals surface area contributed by atoms with Crippen molar-refractivity contribution in [2.45, 2.75) is 29.6 Å². The Morgan fingerprint density at radius 3 is 2.12 bits per heavy atom. The van der Waals surface area contributed by atoms with Crippen LogP contribution in [0.4, 0.5) is 5.82 Å². The van der Waals surface area contributed by atoms with Crippen LogP contribution in [0.25, 0.3) is 0 Å². The van der Waals surface area contributed by atoms with E-state index in [9.17, 15) is 16.8 Å². The quantitative estimate of drug-likeness (QED) is 0.854. The predicted octanol–water partition coefficient (Wildman–Crippen LogP) is 1.98. The highest BCUT2D eigenvalue weighted by atomic mass is 32.2. The molecule has 1 aliphatic heterocycles. The Bertz CT molecular complexity index is 965. The first-order valence-electron chi connectivity index (χ1n) is 7.86. The Hall–Kier alpha value is -1.97. The lowest BCUT2D eigenvalue weighted by atomic mass is 10.4. The fourth-order valence-electron chi connectivity index (χ4n) is 2.66. The van der Waals surface area contributed by atoms with Gasteiger partial charge in [0.25, 0.3) is 10.0 Å². The molecular formula is C16H19N3O4S2. The van der Waals surface area contributed by atoms with Gasteiger partial charge >= 0.3 is 0 Å². The summed E-state index contributed by atoms with van der Waals surface area (Å²) in [6.45, 7) is 2.77. The number of pyridine rings is 1. The standard InChI is InChI=1S/C16H19N3O4S2/c1-13-5-4-6-16(17-13)18-24(20,21)14-7-9-15(10-8-14)25(22,23)19-11-2-3-12-19/h4-10H,2-3,11-12H2,1H3,(H,17,18). The lowest BCUT2D eigenvalue weighted by Crippen LogP contribution is -2.27. The van der Waals surface area contributed by atoms with E-state index in [4.69, 9.17) is 0 Å². The van der Waals surface area contributed by atoms with E-state index < -0.39 is 20.0 Å². The van der Waals surface area contributed by atoms with Crippen LogP contribution in [0, 0.1) is 6.92 Å². The third-order valence-corrected chi connectivity index (χ3v) is 7.25. The minimum absolute atomic E-state index is 0.0174. The summed E-state index contributed by atoms with van der Waals surface area (Å²) < 4.78 is 53.6. The first-order valence-corrected chi connectivity index (χ1v) is 10.8. The molecule has 0 bridgehead atoms. The lowest BCUT2D eigenvalue weighted by molar-refractivity contribution is 0.477. The third-order valence-electron chi connectivity index (χ3n) is 3.96. The second kappa shape index (κ2) is 6.74. The van der Waals surface area contributed by atoms with Crippen LogP contribution in [0.3, 0.4) is 0 Å². The van der Waals surface area contributed by atoms with Gasteiger partial charge in [0.2, 0.25) is 10.0 Å². The Morgan fingerprint density at radius 2 is 1.52 bits per heavy atom. The highest BCUT2D eigenvalue weighted by Crippen LogP contribution is 2.23. The maximum atomic E-state index is 12.5. The number of nitrogens with zero attached hydrogens (tertiary/aromatic N) is 2. The Kier molecular flexibility index (Phi) is 4.81. The van der Waals surface area contributed by atoms with Gasteiger partial charge in [-0.05, 0) is 56.2 Å². The zero-order valence-corrected chi connectivity index (χ0v) is 15.3. The second-order valence-electron chi connectivity index (χ2n) is 5.85. The molecule has 25 heavy (non-hydrogen) atoms. The first-order chi connectivity index (χ1) is 11.8. The van der Waals surface area contributed by atoms with Crippen LogP contribution < -0.4 is 4.72 Å². The maximum Gasteiger partial charge on any atom is 0.263 e. The monoisotopic (exact) mass is 381 g/mol. The first kappa shape index (κ1) is 17.8. The SMILES string of the molecule is Cc1cccc(NS(=O)(=O)c2ccc(S(=O)(=O)N3CCCC3)cc2)n1. The summed E-state index contributed by atoms with van der Waals surface area (Å²) in [5.74, 6) is 0.216. The number of benzene rings is 1. The molecule has 2 heterocycles. The van der Waals surface area contributed by atoms with Crippen molar-refractivity contribution in [2.75, 3.05) is 17.8 Å². The largest absolute Gasteiger partial charge is 0.263 e. The van der Waals surface area contributed by atoms with Gasteiger partial charge in [-0.2, -0.15) is 4.31 Å². The van der Waals surface area contributed by atoms with Crippen LogP contribution in [0.1, 0.15) is 18.5 Å². The van der Waals surface area contributed by atoms with Crippen LogP contribution in [0.2, 0.25) is 0 Å². The topological polar surface area (TPSA) is 96.4 Å². The molecule has 0 radical (unpaired) electrons. The number of rotatable bonds is 5. The molecule has 0 spiro atoms. The molecule has 2 aromatic rings. The van der Waals surface area contributed by atoms with Crippen molar-refractivity contribution in [1.82, 2.24) is 9.29 Å². The molecule has 0 atom stereocenters. The summed E-state index contributed by atoms with van der Waals surface area (Å²) >= 11 is 0. The molecule has 7 nitrogen and oxygen atoms in total. The summed E-state index contributed by atoms with van der Waals surface area (Å²) in [4.78, 5) is 4.18. The van der Waals surface area contributed by atoms with Crippen LogP contribution in [-0.2, 0) is 20.0 Å². The minimum Gasteiger partial charge on any atom is -0.263 e. The molecule has 3 rings (SSSR count). The normalized spacial score (nSPS) is 16.0. The molecule has 1 aromatic heterocycles. The third kappa shape index (κ3) is 3.83. The lowest BCUT2D eigenvalue weighted by Gasteiger charge is -2.15. The van der Waals surface area contributed by atoms with Gasteiger partial charge in [0.15, 0.2) is 0 Å². The van der Waals surface area contributed by atoms with Crippen molar-refractivity contribution in [3.63, 3.8) is 0 Å². The van der Waals surface area contributed by atoms with E-state index >= 15 is 0 Å². The maximum absolute atomic E-state index is 12.5. The summed E-state index contributed by atoms with van der Waals surface area (Å²) in [5.41, 5.74) is 0.687. The van der Waals surface area contributed by atoms with E-state index in [0.29, 0.717) is 18.8 Å². The molecular weight excluding hydrogens is 362 g/mol.